The first-order valence-corrected chi connectivity index (χ1v) is 5.54. The van der Waals surface area contributed by atoms with E-state index in [1.807, 2.05) is 0 Å². The Morgan fingerprint density at radius 3 is 2.40 bits per heavy atom. The molecule has 0 N–H and O–H groups in total. The second-order valence-corrected chi connectivity index (χ2v) is 3.95. The molecule has 0 aliphatic heterocycles. The molecule has 0 spiro atoms. The lowest BCUT2D eigenvalue weighted by atomic mass is 9.80. The van der Waals surface area contributed by atoms with Gasteiger partial charge in [0.2, 0.25) is 0 Å². The Balaban J connectivity index is 2.63. The molecule has 4 nitrogen and oxygen atoms in total. The maximum atomic E-state index is 11.4. The van der Waals surface area contributed by atoms with Crippen LogP contribution >= 0.6 is 0 Å². The lowest BCUT2D eigenvalue weighted by Crippen LogP contribution is -2.42. The number of carbonyl (C=O) groups is 2. The maximum Gasteiger partial charge on any atom is 0.314 e. The Morgan fingerprint density at radius 2 is 1.93 bits per heavy atom. The molecule has 0 saturated heterocycles. The van der Waals surface area contributed by atoms with Crippen LogP contribution in [0.2, 0.25) is 0 Å². The standard InChI is InChI=1S/C11H18O4/c1-2-15-11(14)9(10(12)13)8-6-4-3-5-7-8/h8-9H,2-7H2,1H3,(H,12,13)/p-1/t9-/m1/s1. The van der Waals surface area contributed by atoms with Gasteiger partial charge in [0.25, 0.3) is 0 Å². The summed E-state index contributed by atoms with van der Waals surface area (Å²) in [6.45, 7) is 1.89. The molecule has 0 heterocycles. The van der Waals surface area contributed by atoms with Crippen LogP contribution in [-0.2, 0) is 14.3 Å². The van der Waals surface area contributed by atoms with E-state index in [9.17, 15) is 14.7 Å². The minimum Gasteiger partial charge on any atom is -0.549 e. The topological polar surface area (TPSA) is 66.4 Å². The number of esters is 1. The first kappa shape index (κ1) is 12.0. The normalized spacial score (nSPS) is 19.5. The lowest BCUT2D eigenvalue weighted by Gasteiger charge is -2.29. The second kappa shape index (κ2) is 5.73. The molecule has 1 aliphatic carbocycles. The quantitative estimate of drug-likeness (QED) is 0.503. The molecule has 1 aliphatic rings. The van der Waals surface area contributed by atoms with Gasteiger partial charge in [-0.25, -0.2) is 0 Å². The van der Waals surface area contributed by atoms with Crippen molar-refractivity contribution in [3.8, 4) is 0 Å². The van der Waals surface area contributed by atoms with E-state index in [0.717, 1.165) is 32.1 Å². The van der Waals surface area contributed by atoms with Gasteiger partial charge in [0.05, 0.1) is 18.5 Å². The van der Waals surface area contributed by atoms with E-state index in [1.54, 1.807) is 6.92 Å². The molecule has 0 aromatic carbocycles. The van der Waals surface area contributed by atoms with E-state index < -0.39 is 17.9 Å². The van der Waals surface area contributed by atoms with Gasteiger partial charge in [-0.05, 0) is 25.7 Å². The number of ether oxygens (including phenoxy) is 1. The minimum atomic E-state index is -1.29. The number of carbonyl (C=O) groups excluding carboxylic acids is 2. The van der Waals surface area contributed by atoms with Crippen molar-refractivity contribution in [1.82, 2.24) is 0 Å². The van der Waals surface area contributed by atoms with Gasteiger partial charge in [0.15, 0.2) is 0 Å². The molecule has 1 atom stereocenters. The van der Waals surface area contributed by atoms with Crippen molar-refractivity contribution < 1.29 is 19.4 Å². The predicted molar refractivity (Wildman–Crippen MR) is 51.7 cm³/mol. The van der Waals surface area contributed by atoms with Crippen molar-refractivity contribution in [1.29, 1.82) is 0 Å². The average molecular weight is 213 g/mol. The largest absolute Gasteiger partial charge is 0.549 e. The van der Waals surface area contributed by atoms with E-state index in [0.29, 0.717) is 0 Å². The molecule has 0 bridgehead atoms. The fourth-order valence-corrected chi connectivity index (χ4v) is 2.18. The first-order valence-electron chi connectivity index (χ1n) is 5.54. The highest BCUT2D eigenvalue weighted by atomic mass is 16.5. The van der Waals surface area contributed by atoms with Gasteiger partial charge in [0, 0.05) is 0 Å². The molecule has 15 heavy (non-hydrogen) atoms. The summed E-state index contributed by atoms with van der Waals surface area (Å²) in [5.41, 5.74) is 0. The van der Waals surface area contributed by atoms with Crippen LogP contribution in [0.5, 0.6) is 0 Å². The van der Waals surface area contributed by atoms with Crippen LogP contribution in [0.25, 0.3) is 0 Å². The van der Waals surface area contributed by atoms with Crippen LogP contribution in [0, 0.1) is 11.8 Å². The highest BCUT2D eigenvalue weighted by molar-refractivity contribution is 5.93. The zero-order valence-electron chi connectivity index (χ0n) is 9.03. The number of carboxylic acids is 1. The van der Waals surface area contributed by atoms with Crippen molar-refractivity contribution >= 4 is 11.9 Å². The van der Waals surface area contributed by atoms with Gasteiger partial charge in [-0.15, -0.1) is 0 Å². The molecule has 0 amide bonds. The van der Waals surface area contributed by atoms with E-state index in [4.69, 9.17) is 4.74 Å². The number of hydrogen-bond donors (Lipinski definition) is 0. The Kier molecular flexibility index (Phi) is 4.59. The van der Waals surface area contributed by atoms with Crippen LogP contribution in [0.15, 0.2) is 0 Å². The highest BCUT2D eigenvalue weighted by Crippen LogP contribution is 2.30. The monoisotopic (exact) mass is 213 g/mol. The van der Waals surface area contributed by atoms with E-state index in [-0.39, 0.29) is 12.5 Å². The van der Waals surface area contributed by atoms with Crippen LogP contribution in [0.3, 0.4) is 0 Å². The van der Waals surface area contributed by atoms with Crippen molar-refractivity contribution in [2.45, 2.75) is 39.0 Å². The molecular weight excluding hydrogens is 196 g/mol. The van der Waals surface area contributed by atoms with E-state index >= 15 is 0 Å². The summed E-state index contributed by atoms with van der Waals surface area (Å²) in [5.74, 6) is -3.09. The van der Waals surface area contributed by atoms with Crippen molar-refractivity contribution in [2.24, 2.45) is 11.8 Å². The number of carboxylic acid groups (broad SMARTS) is 1. The van der Waals surface area contributed by atoms with Crippen molar-refractivity contribution in [3.05, 3.63) is 0 Å². The fraction of sp³-hybridized carbons (Fsp3) is 0.818. The molecule has 0 unspecified atom stereocenters. The summed E-state index contributed by atoms with van der Waals surface area (Å²) < 4.78 is 4.76. The van der Waals surface area contributed by atoms with Gasteiger partial charge < -0.3 is 14.6 Å². The predicted octanol–water partition coefficient (Wildman–Crippen LogP) is 0.496. The number of aliphatic carboxylic acids is 1. The molecule has 0 radical (unpaired) electrons. The van der Waals surface area contributed by atoms with Crippen LogP contribution < -0.4 is 5.11 Å². The smallest absolute Gasteiger partial charge is 0.314 e. The minimum absolute atomic E-state index is 0.0946. The summed E-state index contributed by atoms with van der Waals surface area (Å²) in [6.07, 6.45) is 4.69. The molecule has 0 aromatic rings. The molecule has 4 heteroatoms. The Morgan fingerprint density at radius 1 is 1.33 bits per heavy atom. The third-order valence-corrected chi connectivity index (χ3v) is 2.92. The molecule has 86 valence electrons. The van der Waals surface area contributed by atoms with Crippen molar-refractivity contribution in [3.63, 3.8) is 0 Å². The summed E-state index contributed by atoms with van der Waals surface area (Å²) in [5, 5.41) is 10.9. The summed E-state index contributed by atoms with van der Waals surface area (Å²) in [7, 11) is 0. The van der Waals surface area contributed by atoms with Gasteiger partial charge in [-0.3, -0.25) is 4.79 Å². The molecule has 1 fully saturated rings. The fourth-order valence-electron chi connectivity index (χ4n) is 2.18. The molecule has 1 saturated carbocycles. The molecule has 0 aromatic heterocycles. The van der Waals surface area contributed by atoms with E-state index in [1.165, 1.54) is 0 Å². The average Bonchev–Trinajstić information content (AvgIpc) is 2.19. The SMILES string of the molecule is CCOC(=O)[C@@H](C(=O)[O-])C1CCCCC1. The maximum absolute atomic E-state index is 11.4. The Hall–Kier alpha value is -1.06. The third kappa shape index (κ3) is 3.22. The Bertz CT molecular complexity index is 231. The van der Waals surface area contributed by atoms with Crippen LogP contribution in [0.1, 0.15) is 39.0 Å². The first-order chi connectivity index (χ1) is 7.16. The third-order valence-electron chi connectivity index (χ3n) is 2.92. The van der Waals surface area contributed by atoms with Crippen molar-refractivity contribution in [2.75, 3.05) is 6.61 Å². The Labute approximate surface area is 89.6 Å². The molecule has 1 rings (SSSR count). The zero-order valence-corrected chi connectivity index (χ0v) is 9.03. The lowest BCUT2D eigenvalue weighted by molar-refractivity contribution is -0.312. The number of rotatable bonds is 4. The summed E-state index contributed by atoms with van der Waals surface area (Å²) in [6, 6.07) is 0. The second-order valence-electron chi connectivity index (χ2n) is 3.95. The highest BCUT2D eigenvalue weighted by Gasteiger charge is 2.31. The summed E-state index contributed by atoms with van der Waals surface area (Å²) in [4.78, 5) is 22.3. The van der Waals surface area contributed by atoms with Gasteiger partial charge in [0.1, 0.15) is 0 Å². The van der Waals surface area contributed by atoms with Gasteiger partial charge in [-0.2, -0.15) is 0 Å². The van der Waals surface area contributed by atoms with Crippen LogP contribution in [0.4, 0.5) is 0 Å². The van der Waals surface area contributed by atoms with Crippen LogP contribution in [-0.4, -0.2) is 18.5 Å². The summed E-state index contributed by atoms with van der Waals surface area (Å²) >= 11 is 0. The van der Waals surface area contributed by atoms with E-state index in [2.05, 4.69) is 0 Å². The zero-order chi connectivity index (χ0) is 11.3. The number of hydrogen-bond acceptors (Lipinski definition) is 4. The van der Waals surface area contributed by atoms with Gasteiger partial charge >= 0.3 is 5.97 Å². The molecular formula is C11H17O4-. The van der Waals surface area contributed by atoms with Gasteiger partial charge in [-0.1, -0.05) is 19.3 Å².